The minimum Gasteiger partial charge on any atom is -0.147 e. The zero-order valence-electron chi connectivity index (χ0n) is 13.3. The van der Waals surface area contributed by atoms with E-state index in [0.29, 0.717) is 5.92 Å². The molecule has 0 radical (unpaired) electrons. The van der Waals surface area contributed by atoms with Crippen molar-refractivity contribution in [3.8, 4) is 0 Å². The van der Waals surface area contributed by atoms with Crippen LogP contribution >= 0.6 is 24.8 Å². The van der Waals surface area contributed by atoms with Crippen LogP contribution in [0.1, 0.15) is 48.0 Å². The van der Waals surface area contributed by atoms with Crippen molar-refractivity contribution in [1.82, 2.24) is 0 Å². The maximum atomic E-state index is 2.41. The van der Waals surface area contributed by atoms with E-state index in [1.54, 1.807) is 28.3 Å². The van der Waals surface area contributed by atoms with Crippen molar-refractivity contribution >= 4 is 28.6 Å². The van der Waals surface area contributed by atoms with Crippen molar-refractivity contribution in [1.29, 1.82) is 0 Å². The van der Waals surface area contributed by atoms with Gasteiger partial charge >= 0.3 is 118 Å². The third kappa shape index (κ3) is 3.47. The normalized spacial score (nSPS) is 20.7. The first kappa shape index (κ1) is 20.1. The summed E-state index contributed by atoms with van der Waals surface area (Å²) in [6, 6.07) is 0. The van der Waals surface area contributed by atoms with Gasteiger partial charge in [0.05, 0.1) is 0 Å². The largest absolute Gasteiger partial charge is 0.147 e. The Morgan fingerprint density at radius 2 is 1.70 bits per heavy atom. The van der Waals surface area contributed by atoms with Crippen molar-refractivity contribution < 1.29 is 17.4 Å². The number of halogens is 2. The predicted molar refractivity (Wildman–Crippen MR) is 92.9 cm³/mol. The third-order valence-electron chi connectivity index (χ3n) is 4.50. The van der Waals surface area contributed by atoms with E-state index in [-0.39, 0.29) is 24.8 Å². The van der Waals surface area contributed by atoms with Crippen molar-refractivity contribution in [2.75, 3.05) is 0 Å². The number of allylic oxidation sites excluding steroid dienone is 8. The first-order valence-corrected chi connectivity index (χ1v) is 9.21. The Balaban J connectivity index is 0.00000180. The summed E-state index contributed by atoms with van der Waals surface area (Å²) in [7, 11) is 0. The van der Waals surface area contributed by atoms with Crippen molar-refractivity contribution in [3.05, 3.63) is 42.7 Å². The average molecular weight is 349 g/mol. The molecule has 0 nitrogen and oxygen atoms in total. The van der Waals surface area contributed by atoms with Gasteiger partial charge in [-0.2, -0.15) is 0 Å². The van der Waals surface area contributed by atoms with Crippen LogP contribution in [0.4, 0.5) is 0 Å². The minimum atomic E-state index is -1.37. The van der Waals surface area contributed by atoms with Gasteiger partial charge in [0.15, 0.2) is 0 Å². The number of hydrogen-bond donors (Lipinski definition) is 0. The Kier molecular flexibility index (Phi) is 7.99. The molecule has 20 heavy (non-hydrogen) atoms. The SMILES string of the molecule is CC1=C(C)C(C)[C]([Ti]([C]2=CC=CC2)=[C](C)C)=C1C.Cl.Cl. The van der Waals surface area contributed by atoms with Gasteiger partial charge in [0.25, 0.3) is 0 Å². The van der Waals surface area contributed by atoms with Crippen LogP contribution in [0.15, 0.2) is 42.7 Å². The summed E-state index contributed by atoms with van der Waals surface area (Å²) in [6.45, 7) is 14.1. The van der Waals surface area contributed by atoms with Gasteiger partial charge in [0.1, 0.15) is 0 Å². The predicted octanol–water partition coefficient (Wildman–Crippen LogP) is 5.76. The smallest absolute Gasteiger partial charge is 0.147 e. The molecule has 0 spiro atoms. The average Bonchev–Trinajstić information content (AvgIpc) is 2.89. The molecule has 3 heteroatoms. The Morgan fingerprint density at radius 3 is 2.05 bits per heavy atom. The molecule has 1 atom stereocenters. The van der Waals surface area contributed by atoms with Crippen LogP contribution in [-0.4, -0.2) is 3.81 Å². The van der Waals surface area contributed by atoms with E-state index in [1.165, 1.54) is 6.42 Å². The zero-order chi connectivity index (χ0) is 13.4. The van der Waals surface area contributed by atoms with Gasteiger partial charge in [-0.25, -0.2) is 0 Å². The molecular weight excluding hydrogens is 323 g/mol. The van der Waals surface area contributed by atoms with Crippen molar-refractivity contribution in [2.45, 2.75) is 48.0 Å². The van der Waals surface area contributed by atoms with Crippen LogP contribution in [0.25, 0.3) is 0 Å². The fraction of sp³-hybridized carbons (Fsp3) is 0.471. The van der Waals surface area contributed by atoms with Gasteiger partial charge in [-0.3, -0.25) is 0 Å². The summed E-state index contributed by atoms with van der Waals surface area (Å²) in [5.41, 5.74) is 4.75. The van der Waals surface area contributed by atoms with Crippen LogP contribution in [0.3, 0.4) is 0 Å². The third-order valence-corrected chi connectivity index (χ3v) is 9.75. The summed E-state index contributed by atoms with van der Waals surface area (Å²) in [5.74, 6) is 0.677. The molecule has 2 rings (SSSR count). The van der Waals surface area contributed by atoms with E-state index in [1.807, 2.05) is 0 Å². The van der Waals surface area contributed by atoms with Crippen LogP contribution in [0.5, 0.6) is 0 Å². The molecule has 2 aliphatic rings. The molecule has 0 bridgehead atoms. The first-order chi connectivity index (χ1) is 8.45. The molecule has 0 aromatic heterocycles. The molecular formula is C17H26Cl2Ti. The molecule has 0 fully saturated rings. The van der Waals surface area contributed by atoms with Crippen LogP contribution in [0, 0.1) is 5.92 Å². The fourth-order valence-corrected chi connectivity index (χ4v) is 8.35. The molecule has 0 amide bonds. The van der Waals surface area contributed by atoms with Crippen LogP contribution in [-0.2, 0) is 17.4 Å². The van der Waals surface area contributed by atoms with E-state index in [9.17, 15) is 0 Å². The summed E-state index contributed by atoms with van der Waals surface area (Å²) in [6.07, 6.45) is 8.14. The molecule has 2 aliphatic carbocycles. The summed E-state index contributed by atoms with van der Waals surface area (Å²) in [4.78, 5) is 0. The second-order valence-corrected chi connectivity index (χ2v) is 10.3. The van der Waals surface area contributed by atoms with E-state index < -0.39 is 17.4 Å². The molecule has 0 heterocycles. The molecule has 0 N–H and O–H groups in total. The quantitative estimate of drug-likeness (QED) is 0.556. The van der Waals surface area contributed by atoms with Crippen molar-refractivity contribution in [2.24, 2.45) is 5.92 Å². The second kappa shape index (κ2) is 7.94. The monoisotopic (exact) mass is 348 g/mol. The molecule has 1 unspecified atom stereocenters. The van der Waals surface area contributed by atoms with Crippen molar-refractivity contribution in [3.63, 3.8) is 0 Å². The minimum absolute atomic E-state index is 0. The fourth-order valence-electron chi connectivity index (χ4n) is 3.16. The van der Waals surface area contributed by atoms with E-state index in [0.717, 1.165) is 0 Å². The van der Waals surface area contributed by atoms with Gasteiger partial charge in [0, 0.05) is 0 Å². The maximum absolute atomic E-state index is 2.41. The standard InChI is InChI=1S/C9H13.C5H5.C3H6.2ClH.Ti/c1-6-5-7(2)9(4)8(6)3;1-2-4-5-3-1;1-3-2;;;/h6H,1-4H3;1-3H,4H2;1-2H3;2*1H;. The topological polar surface area (TPSA) is 0 Å². The molecule has 0 aromatic rings. The van der Waals surface area contributed by atoms with Gasteiger partial charge in [-0.15, -0.1) is 24.8 Å². The molecule has 0 saturated carbocycles. The summed E-state index contributed by atoms with van der Waals surface area (Å²) < 4.78 is 5.23. The number of hydrogen-bond acceptors (Lipinski definition) is 0. The summed E-state index contributed by atoms with van der Waals surface area (Å²) in [5, 5.41) is 0. The van der Waals surface area contributed by atoms with Gasteiger partial charge in [-0.1, -0.05) is 0 Å². The molecule has 0 saturated heterocycles. The molecule has 0 aliphatic heterocycles. The van der Waals surface area contributed by atoms with Gasteiger partial charge in [0.2, 0.25) is 0 Å². The molecule has 0 aromatic carbocycles. The first-order valence-electron chi connectivity index (χ1n) is 6.87. The Morgan fingerprint density at radius 1 is 1.10 bits per heavy atom. The van der Waals surface area contributed by atoms with Crippen LogP contribution in [0.2, 0.25) is 0 Å². The molecule has 112 valence electrons. The number of rotatable bonds is 2. The summed E-state index contributed by atoms with van der Waals surface area (Å²) >= 11 is -1.37. The second-order valence-electron chi connectivity index (χ2n) is 5.77. The van der Waals surface area contributed by atoms with Gasteiger partial charge < -0.3 is 0 Å². The Hall–Kier alpha value is 0.124. The van der Waals surface area contributed by atoms with E-state index >= 15 is 0 Å². The van der Waals surface area contributed by atoms with E-state index in [4.69, 9.17) is 0 Å². The van der Waals surface area contributed by atoms with E-state index in [2.05, 4.69) is 59.8 Å². The zero-order valence-corrected chi connectivity index (χ0v) is 16.5. The van der Waals surface area contributed by atoms with Gasteiger partial charge in [-0.05, 0) is 0 Å². The Bertz CT molecular complexity index is 541. The van der Waals surface area contributed by atoms with Crippen LogP contribution < -0.4 is 0 Å². The maximum Gasteiger partial charge on any atom is -0.147 e. The Labute approximate surface area is 142 Å².